The Balaban J connectivity index is 3.42. The Kier molecular flexibility index (Phi) is 8.43. The first-order chi connectivity index (χ1) is 10.8. The second-order valence-corrected chi connectivity index (χ2v) is 10.5. The van der Waals surface area contributed by atoms with Gasteiger partial charge in [-0.2, -0.15) is 8.42 Å². The minimum Gasteiger partial charge on any atom is -0.393 e. The molecule has 0 amide bonds. The topological polar surface area (TPSA) is 74.6 Å². The quantitative estimate of drug-likeness (QED) is 0.432. The van der Waals surface area contributed by atoms with E-state index in [0.717, 1.165) is 0 Å². The maximum Gasteiger partial charge on any atom is 0.268 e. The third-order valence-electron chi connectivity index (χ3n) is 3.57. The van der Waals surface area contributed by atoms with Crippen LogP contribution in [-0.4, -0.2) is 33.2 Å². The van der Waals surface area contributed by atoms with Crippen molar-refractivity contribution in [1.82, 2.24) is 0 Å². The summed E-state index contributed by atoms with van der Waals surface area (Å²) in [6, 6.07) is 4.46. The number of aliphatic hydroxyl groups is 1. The fraction of sp³-hybridized carbons (Fsp3) is 0.571. The molecule has 1 aromatic carbocycles. The second-order valence-electron chi connectivity index (χ2n) is 5.48. The molecule has 1 rings (SSSR count). The van der Waals surface area contributed by atoms with Crippen LogP contribution in [0.4, 0.5) is 0 Å². The van der Waals surface area contributed by atoms with Gasteiger partial charge in [-0.3, -0.25) is 4.55 Å². The highest BCUT2D eigenvalue weighted by atomic mass is 35.6. The molecule has 3 atom stereocenters. The summed E-state index contributed by atoms with van der Waals surface area (Å²) in [6.07, 6.45) is -1.06. The van der Waals surface area contributed by atoms with Crippen LogP contribution >= 0.6 is 58.0 Å². The number of hydrogen-bond donors (Lipinski definition) is 2. The van der Waals surface area contributed by atoms with Crippen LogP contribution < -0.4 is 0 Å². The summed E-state index contributed by atoms with van der Waals surface area (Å²) in [4.78, 5) is 0. The van der Waals surface area contributed by atoms with Crippen molar-refractivity contribution in [2.45, 2.75) is 47.3 Å². The van der Waals surface area contributed by atoms with E-state index in [1.807, 2.05) is 0 Å². The van der Waals surface area contributed by atoms with Crippen LogP contribution in [-0.2, 0) is 10.1 Å². The van der Waals surface area contributed by atoms with Crippen LogP contribution in [0.5, 0.6) is 0 Å². The number of hydrogen-bond acceptors (Lipinski definition) is 3. The minimum absolute atomic E-state index is 0.213. The Hall–Kier alpha value is 0.540. The maximum absolute atomic E-state index is 11.9. The molecule has 0 aliphatic carbocycles. The zero-order valence-electron chi connectivity index (χ0n) is 12.6. The van der Waals surface area contributed by atoms with Crippen molar-refractivity contribution in [1.29, 1.82) is 0 Å². The monoisotopic (exact) mass is 456 g/mol. The Labute approximate surface area is 166 Å². The first-order valence-corrected chi connectivity index (χ1v) is 10.4. The van der Waals surface area contributed by atoms with Crippen LogP contribution in [0.1, 0.15) is 37.7 Å². The Morgan fingerprint density at radius 2 is 1.62 bits per heavy atom. The van der Waals surface area contributed by atoms with Gasteiger partial charge in [0, 0.05) is 22.4 Å². The highest BCUT2D eigenvalue weighted by Crippen LogP contribution is 2.42. The second kappa shape index (κ2) is 8.96. The fourth-order valence-electron chi connectivity index (χ4n) is 2.43. The van der Waals surface area contributed by atoms with Crippen molar-refractivity contribution in [2.75, 3.05) is 0 Å². The van der Waals surface area contributed by atoms with E-state index in [9.17, 15) is 18.1 Å². The predicted molar refractivity (Wildman–Crippen MR) is 100 cm³/mol. The molecule has 0 bridgehead atoms. The Morgan fingerprint density at radius 1 is 1.12 bits per heavy atom. The Morgan fingerprint density at radius 3 is 2.00 bits per heavy atom. The molecule has 2 N–H and O–H groups in total. The van der Waals surface area contributed by atoms with Gasteiger partial charge in [-0.1, -0.05) is 64.9 Å². The van der Waals surface area contributed by atoms with Gasteiger partial charge in [-0.15, -0.1) is 0 Å². The molecule has 0 spiro atoms. The van der Waals surface area contributed by atoms with Crippen LogP contribution in [0.3, 0.4) is 0 Å². The van der Waals surface area contributed by atoms with Crippen molar-refractivity contribution in [3.05, 3.63) is 33.8 Å². The van der Waals surface area contributed by atoms with Gasteiger partial charge in [0.15, 0.2) is 3.79 Å². The molecular formula is C14H17Cl5O4S. The summed E-state index contributed by atoms with van der Waals surface area (Å²) in [5.74, 6) is -0.926. The van der Waals surface area contributed by atoms with Crippen molar-refractivity contribution in [3.63, 3.8) is 0 Å². The molecule has 24 heavy (non-hydrogen) atoms. The summed E-state index contributed by atoms with van der Waals surface area (Å²) in [5, 5.41) is 9.04. The number of alkyl halides is 3. The van der Waals surface area contributed by atoms with E-state index >= 15 is 0 Å². The number of rotatable bonds is 7. The van der Waals surface area contributed by atoms with Gasteiger partial charge >= 0.3 is 0 Å². The standard InChI is InChI=1S/C14H17Cl5O4S/c1-2-11(20)6-13(24(21,22)23)12(7-14(17,18)19)8-3-9(15)5-10(16)4-8/h3-5,11-13,20H,2,6-7H2,1H3,(H,21,22,23). The Bertz CT molecular complexity index is 639. The summed E-state index contributed by atoms with van der Waals surface area (Å²) >= 11 is 29.5. The first-order valence-electron chi connectivity index (χ1n) is 7.00. The van der Waals surface area contributed by atoms with Gasteiger partial charge in [0.05, 0.1) is 11.4 Å². The lowest BCUT2D eigenvalue weighted by molar-refractivity contribution is 0.153. The summed E-state index contributed by atoms with van der Waals surface area (Å²) in [5.41, 5.74) is 0.393. The molecule has 0 saturated carbocycles. The molecule has 0 aliphatic heterocycles. The third-order valence-corrected chi connectivity index (χ3v) is 5.76. The van der Waals surface area contributed by atoms with Crippen molar-refractivity contribution >= 4 is 68.1 Å². The van der Waals surface area contributed by atoms with E-state index in [0.29, 0.717) is 12.0 Å². The fourth-order valence-corrected chi connectivity index (χ4v) is 4.61. The lowest BCUT2D eigenvalue weighted by atomic mass is 9.89. The van der Waals surface area contributed by atoms with Gasteiger partial charge in [-0.25, -0.2) is 0 Å². The zero-order valence-corrected chi connectivity index (χ0v) is 17.2. The first kappa shape index (κ1) is 22.6. The molecule has 0 radical (unpaired) electrons. The molecule has 0 aromatic heterocycles. The minimum atomic E-state index is -4.54. The van der Waals surface area contributed by atoms with E-state index < -0.39 is 31.2 Å². The van der Waals surface area contributed by atoms with Crippen LogP contribution in [0, 0.1) is 0 Å². The van der Waals surface area contributed by atoms with Crippen LogP contribution in [0.25, 0.3) is 0 Å². The third kappa shape index (κ3) is 7.42. The summed E-state index contributed by atoms with van der Waals surface area (Å²) < 4.78 is 31.7. The number of benzene rings is 1. The highest BCUT2D eigenvalue weighted by Gasteiger charge is 2.39. The number of aliphatic hydroxyl groups excluding tert-OH is 1. The zero-order chi connectivity index (χ0) is 18.7. The summed E-state index contributed by atoms with van der Waals surface area (Å²) in [7, 11) is -4.54. The average molecular weight is 459 g/mol. The van der Waals surface area contributed by atoms with Gasteiger partial charge < -0.3 is 5.11 Å². The van der Waals surface area contributed by atoms with Crippen LogP contribution in [0.15, 0.2) is 18.2 Å². The summed E-state index contributed by atoms with van der Waals surface area (Å²) in [6.45, 7) is 1.69. The largest absolute Gasteiger partial charge is 0.393 e. The van der Waals surface area contributed by atoms with Crippen LogP contribution in [0.2, 0.25) is 10.0 Å². The predicted octanol–water partition coefficient (Wildman–Crippen LogP) is 5.25. The van der Waals surface area contributed by atoms with Crippen molar-refractivity contribution < 1.29 is 18.1 Å². The molecule has 138 valence electrons. The van der Waals surface area contributed by atoms with E-state index in [-0.39, 0.29) is 22.9 Å². The van der Waals surface area contributed by atoms with Gasteiger partial charge in [0.2, 0.25) is 0 Å². The molecule has 1 aromatic rings. The number of halogens is 5. The van der Waals surface area contributed by atoms with Gasteiger partial charge in [0.1, 0.15) is 0 Å². The molecule has 4 nitrogen and oxygen atoms in total. The molecule has 3 unspecified atom stereocenters. The lowest BCUT2D eigenvalue weighted by Crippen LogP contribution is -2.34. The van der Waals surface area contributed by atoms with Crippen molar-refractivity contribution in [2.24, 2.45) is 0 Å². The van der Waals surface area contributed by atoms with Gasteiger partial charge in [0.25, 0.3) is 10.1 Å². The van der Waals surface area contributed by atoms with Gasteiger partial charge in [-0.05, 0) is 36.6 Å². The highest BCUT2D eigenvalue weighted by molar-refractivity contribution is 7.86. The molecule has 0 heterocycles. The van der Waals surface area contributed by atoms with E-state index in [4.69, 9.17) is 58.0 Å². The average Bonchev–Trinajstić information content (AvgIpc) is 2.38. The lowest BCUT2D eigenvalue weighted by Gasteiger charge is -2.29. The normalized spacial score (nSPS) is 16.7. The molecule has 0 fully saturated rings. The maximum atomic E-state index is 11.9. The van der Waals surface area contributed by atoms with E-state index in [2.05, 4.69) is 0 Å². The molecular weight excluding hydrogens is 441 g/mol. The van der Waals surface area contributed by atoms with Crippen molar-refractivity contribution in [3.8, 4) is 0 Å². The molecule has 0 aliphatic rings. The smallest absolute Gasteiger partial charge is 0.268 e. The van der Waals surface area contributed by atoms with E-state index in [1.165, 1.54) is 18.2 Å². The van der Waals surface area contributed by atoms with E-state index in [1.54, 1.807) is 6.92 Å². The molecule has 0 saturated heterocycles. The molecule has 10 heteroatoms. The SMILES string of the molecule is CCC(O)CC(C(CC(Cl)(Cl)Cl)c1cc(Cl)cc(Cl)c1)S(=O)(=O)O.